The topological polar surface area (TPSA) is 31.2 Å². The number of aliphatic imine (C=N–C) groups is 2. The van der Waals surface area contributed by atoms with Crippen LogP contribution in [0.5, 0.6) is 0 Å². The van der Waals surface area contributed by atoms with Gasteiger partial charge in [0, 0.05) is 44.8 Å². The minimum Gasteiger partial charge on any atom is -0.311 e. The van der Waals surface area contributed by atoms with E-state index in [9.17, 15) is 0 Å². The van der Waals surface area contributed by atoms with Crippen molar-refractivity contribution in [1.82, 2.24) is 0 Å². The van der Waals surface area contributed by atoms with Crippen LogP contribution in [-0.4, -0.2) is 13.4 Å². The summed E-state index contributed by atoms with van der Waals surface area (Å²) in [5.41, 5.74) is 19.3. The van der Waals surface area contributed by atoms with Gasteiger partial charge in [0.25, 0.3) is 0 Å². The molecule has 1 aliphatic rings. The van der Waals surface area contributed by atoms with Crippen molar-refractivity contribution in [3.8, 4) is 33.4 Å². The molecule has 0 aromatic heterocycles. The molecule has 8 aromatic rings. The third-order valence-electron chi connectivity index (χ3n) is 12.5. The van der Waals surface area contributed by atoms with Crippen LogP contribution >= 0.6 is 11.8 Å². The van der Waals surface area contributed by atoms with Gasteiger partial charge in [0.15, 0.2) is 0 Å². The maximum absolute atomic E-state index is 4.19. The van der Waals surface area contributed by atoms with Crippen LogP contribution in [0.25, 0.3) is 33.4 Å². The summed E-state index contributed by atoms with van der Waals surface area (Å²) in [4.78, 5) is 13.7. The maximum Gasteiger partial charge on any atom is 0.0758 e. The molecule has 9 rings (SSSR count). The first-order chi connectivity index (χ1) is 35.9. The lowest BCUT2D eigenvalue weighted by atomic mass is 9.97. The van der Waals surface area contributed by atoms with Crippen molar-refractivity contribution in [2.24, 2.45) is 9.98 Å². The molecule has 0 heterocycles. The van der Waals surface area contributed by atoms with Gasteiger partial charge in [-0.05, 0) is 175 Å². The first-order valence-corrected chi connectivity index (χ1v) is 26.1. The lowest BCUT2D eigenvalue weighted by Gasteiger charge is -2.28. The van der Waals surface area contributed by atoms with E-state index in [-0.39, 0.29) is 0 Å². The van der Waals surface area contributed by atoms with E-state index < -0.39 is 0 Å². The Kier molecular flexibility index (Phi) is 19.3. The summed E-state index contributed by atoms with van der Waals surface area (Å²) >= 11 is 1.79. The molecule has 1 aliphatic carbocycles. The zero-order valence-electron chi connectivity index (χ0n) is 42.8. The van der Waals surface area contributed by atoms with Gasteiger partial charge in [-0.1, -0.05) is 180 Å². The molecular formula is C68H66N4S. The van der Waals surface area contributed by atoms with E-state index in [1.54, 1.807) is 17.8 Å². The van der Waals surface area contributed by atoms with Gasteiger partial charge in [-0.2, -0.15) is 0 Å². The number of aryl methyl sites for hydroxylation is 2. The number of benzene rings is 8. The summed E-state index contributed by atoms with van der Waals surface area (Å²) in [6.07, 6.45) is 15.6. The normalized spacial score (nSPS) is 11.7. The number of thioether (sulfide) groups is 1. The highest BCUT2D eigenvalue weighted by Gasteiger charge is 2.16. The Labute approximate surface area is 439 Å². The fourth-order valence-corrected chi connectivity index (χ4v) is 9.53. The average molecular weight is 971 g/mol. The number of hydrogen-bond donors (Lipinski definition) is 0. The number of allylic oxidation sites excluding steroid dienone is 6. The zero-order chi connectivity index (χ0) is 51.4. The molecule has 0 unspecified atom stereocenters. The Balaban J connectivity index is 0.000000635. The van der Waals surface area contributed by atoms with E-state index in [1.165, 1.54) is 50.2 Å². The quantitative estimate of drug-likeness (QED) is 0.0518. The molecule has 364 valence electrons. The minimum absolute atomic E-state index is 0.866. The highest BCUT2D eigenvalue weighted by Crippen LogP contribution is 2.37. The smallest absolute Gasteiger partial charge is 0.0758 e. The SMILES string of the molecule is C=C/C=C(\C=C)N(c1ccc(CC)cc1)c1ccc(-c2ccc(-c3ccc(-c4ccc(N(C5=CCCC=C5)c5ccc(CSc6ccccc6N=C)cc5)cc4)cc3)cc2)cc1.C=Nc1ccccc1C.CC. The van der Waals surface area contributed by atoms with E-state index in [0.717, 1.165) is 75.3 Å². The van der Waals surface area contributed by atoms with Crippen LogP contribution in [0.2, 0.25) is 0 Å². The number of para-hydroxylation sites is 2. The van der Waals surface area contributed by atoms with Gasteiger partial charge in [-0.25, -0.2) is 0 Å². The summed E-state index contributed by atoms with van der Waals surface area (Å²) < 4.78 is 0. The summed E-state index contributed by atoms with van der Waals surface area (Å²) in [5, 5.41) is 0. The van der Waals surface area contributed by atoms with E-state index >= 15 is 0 Å². The van der Waals surface area contributed by atoms with Crippen molar-refractivity contribution in [3.05, 3.63) is 272 Å². The van der Waals surface area contributed by atoms with E-state index in [4.69, 9.17) is 0 Å². The van der Waals surface area contributed by atoms with Crippen molar-refractivity contribution in [2.45, 2.75) is 57.6 Å². The van der Waals surface area contributed by atoms with Gasteiger partial charge in [-0.15, -0.1) is 11.8 Å². The lowest BCUT2D eigenvalue weighted by molar-refractivity contribution is 0.997. The molecule has 0 fully saturated rings. The molecule has 0 N–H and O–H groups in total. The largest absolute Gasteiger partial charge is 0.311 e. The second-order valence-corrected chi connectivity index (χ2v) is 18.1. The van der Waals surface area contributed by atoms with E-state index in [0.29, 0.717) is 0 Å². The molecule has 0 atom stereocenters. The summed E-state index contributed by atoms with van der Waals surface area (Å²) in [5.74, 6) is 0.866. The Morgan fingerprint density at radius 2 is 0.973 bits per heavy atom. The predicted octanol–water partition coefficient (Wildman–Crippen LogP) is 20.0. The standard InChI is InChI=1S/C58H51N3S.C8H9N.C2H6/c1-5-13-51(7-3)60(53-34-18-43(6-2)19-35-53)55-38-30-49(31-39-55)47-26-22-45(23-27-47)46-24-28-48(29-25-46)50-32-40-56(41-33-50)61(52-14-9-8-10-15-52)54-36-20-44(21-37-54)42-62-58-17-12-11-16-57(58)59-4;1-7-5-3-4-6-8(7)9-2;1-2/h5,7,9,11-41H,1,3-4,6,8,10,42H2,2H3;3-6H,2H2,1H3;1-2H3/b51-13+;;. The van der Waals surface area contributed by atoms with Crippen molar-refractivity contribution >= 4 is 59.3 Å². The maximum atomic E-state index is 4.19. The van der Waals surface area contributed by atoms with Gasteiger partial charge in [0.05, 0.1) is 11.4 Å². The molecular weight excluding hydrogens is 905 g/mol. The molecule has 0 aliphatic heterocycles. The summed E-state index contributed by atoms with van der Waals surface area (Å²) in [7, 11) is 0. The van der Waals surface area contributed by atoms with Gasteiger partial charge in [-0.3, -0.25) is 9.98 Å². The van der Waals surface area contributed by atoms with E-state index in [2.05, 4.69) is 229 Å². The lowest BCUT2D eigenvalue weighted by Crippen LogP contribution is -2.16. The third kappa shape index (κ3) is 13.6. The molecule has 0 amide bonds. The Bertz CT molecular complexity index is 3160. The molecule has 0 saturated carbocycles. The first-order valence-electron chi connectivity index (χ1n) is 25.1. The number of hydrogen-bond acceptors (Lipinski definition) is 5. The molecule has 0 radical (unpaired) electrons. The third-order valence-corrected chi connectivity index (χ3v) is 13.7. The highest BCUT2D eigenvalue weighted by molar-refractivity contribution is 7.98. The fraction of sp³-hybridized carbons (Fsp3) is 0.118. The predicted molar refractivity (Wildman–Crippen MR) is 321 cm³/mol. The molecule has 0 saturated heterocycles. The van der Waals surface area contributed by atoms with Crippen LogP contribution in [0.4, 0.5) is 34.1 Å². The number of rotatable bonds is 17. The van der Waals surface area contributed by atoms with Crippen molar-refractivity contribution in [1.29, 1.82) is 0 Å². The van der Waals surface area contributed by atoms with Crippen molar-refractivity contribution in [3.63, 3.8) is 0 Å². The van der Waals surface area contributed by atoms with Gasteiger partial charge >= 0.3 is 0 Å². The zero-order valence-corrected chi connectivity index (χ0v) is 43.6. The highest BCUT2D eigenvalue weighted by atomic mass is 32.2. The second kappa shape index (κ2) is 26.8. The fourth-order valence-electron chi connectivity index (χ4n) is 8.56. The van der Waals surface area contributed by atoms with Crippen LogP contribution in [0.15, 0.2) is 270 Å². The van der Waals surface area contributed by atoms with Crippen molar-refractivity contribution < 1.29 is 0 Å². The first kappa shape index (κ1) is 52.6. The van der Waals surface area contributed by atoms with Gasteiger partial charge < -0.3 is 9.80 Å². The van der Waals surface area contributed by atoms with Crippen LogP contribution < -0.4 is 9.80 Å². The Morgan fingerprint density at radius 3 is 1.41 bits per heavy atom. The van der Waals surface area contributed by atoms with E-state index in [1.807, 2.05) is 69.3 Å². The molecule has 8 aromatic carbocycles. The van der Waals surface area contributed by atoms with Crippen LogP contribution in [0.1, 0.15) is 50.3 Å². The van der Waals surface area contributed by atoms with Crippen LogP contribution in [0.3, 0.4) is 0 Å². The van der Waals surface area contributed by atoms with Crippen LogP contribution in [-0.2, 0) is 12.2 Å². The molecule has 4 nitrogen and oxygen atoms in total. The second-order valence-electron chi connectivity index (χ2n) is 17.1. The monoisotopic (exact) mass is 971 g/mol. The number of anilines is 4. The molecule has 0 spiro atoms. The van der Waals surface area contributed by atoms with Gasteiger partial charge in [0.1, 0.15) is 0 Å². The van der Waals surface area contributed by atoms with Crippen molar-refractivity contribution in [2.75, 3.05) is 9.80 Å². The molecule has 0 bridgehead atoms. The average Bonchev–Trinajstić information content (AvgIpc) is 3.46. The van der Waals surface area contributed by atoms with Gasteiger partial charge in [0.2, 0.25) is 0 Å². The molecule has 73 heavy (non-hydrogen) atoms. The minimum atomic E-state index is 0.866. The molecule has 5 heteroatoms. The number of nitrogens with zero attached hydrogens (tertiary/aromatic N) is 4. The van der Waals surface area contributed by atoms with Crippen LogP contribution in [0, 0.1) is 6.92 Å². The Hall–Kier alpha value is -8.25. The Morgan fingerprint density at radius 1 is 0.534 bits per heavy atom. The summed E-state index contributed by atoms with van der Waals surface area (Å²) in [6, 6.07) is 69.1. The summed E-state index contributed by atoms with van der Waals surface area (Å²) in [6.45, 7) is 23.4.